The van der Waals surface area contributed by atoms with Crippen molar-refractivity contribution >= 4 is 5.69 Å². The lowest BCUT2D eigenvalue weighted by Crippen LogP contribution is -2.85. The van der Waals surface area contributed by atoms with E-state index >= 15 is 0 Å². The number of aliphatic hydroxyl groups excluding tert-OH is 1. The number of quaternary nitrogens is 1. The minimum atomic E-state index is -0.723. The van der Waals surface area contributed by atoms with E-state index in [-0.39, 0.29) is 18.0 Å². The lowest BCUT2D eigenvalue weighted by Gasteiger charge is -2.12. The minimum absolute atomic E-state index is 0.00299. The molecule has 0 amide bonds. The summed E-state index contributed by atoms with van der Waals surface area (Å²) >= 11 is 0. The number of rotatable bonds is 9. The van der Waals surface area contributed by atoms with Crippen LogP contribution in [0, 0.1) is 17.0 Å². The molecule has 0 unspecified atom stereocenters. The first kappa shape index (κ1) is 18.7. The molecule has 7 heteroatoms. The van der Waals surface area contributed by atoms with Gasteiger partial charge in [0.25, 0.3) is 0 Å². The number of nitrogens with two attached hydrogens (primary N) is 1. The van der Waals surface area contributed by atoms with Crippen LogP contribution in [0.4, 0.5) is 5.69 Å². The van der Waals surface area contributed by atoms with E-state index in [1.807, 2.05) is 29.6 Å². The molecule has 0 aromatic heterocycles. The van der Waals surface area contributed by atoms with Gasteiger partial charge in [0.05, 0.1) is 12.0 Å². The normalized spacial score (nSPS) is 11.8. The largest absolute Gasteiger partial charge is 0.497 e. The zero-order valence-corrected chi connectivity index (χ0v) is 14.3. The van der Waals surface area contributed by atoms with Crippen LogP contribution in [0.3, 0.4) is 0 Å². The van der Waals surface area contributed by atoms with E-state index in [1.54, 1.807) is 26.2 Å². The highest BCUT2D eigenvalue weighted by atomic mass is 16.6. The topological polar surface area (TPSA) is 98.4 Å². The first-order valence-corrected chi connectivity index (χ1v) is 8.00. The second-order valence-electron chi connectivity index (χ2n) is 5.77. The number of aryl methyl sites for hydroxylation is 1. The summed E-state index contributed by atoms with van der Waals surface area (Å²) in [6.45, 7) is 2.93. The molecule has 2 aromatic rings. The molecule has 1 atom stereocenters. The van der Waals surface area contributed by atoms with Gasteiger partial charge in [-0.2, -0.15) is 0 Å². The van der Waals surface area contributed by atoms with Crippen LogP contribution in [0.1, 0.15) is 11.1 Å². The molecule has 7 nitrogen and oxygen atoms in total. The lowest BCUT2D eigenvalue weighted by atomic mass is 10.2. The average molecular weight is 347 g/mol. The summed E-state index contributed by atoms with van der Waals surface area (Å²) < 4.78 is 10.5. The minimum Gasteiger partial charge on any atom is -0.497 e. The highest BCUT2D eigenvalue weighted by Crippen LogP contribution is 2.27. The van der Waals surface area contributed by atoms with Gasteiger partial charge in [-0.3, -0.25) is 10.1 Å². The molecule has 134 valence electrons. The maximum absolute atomic E-state index is 11.0. The second-order valence-corrected chi connectivity index (χ2v) is 5.77. The van der Waals surface area contributed by atoms with Gasteiger partial charge in [0, 0.05) is 11.6 Å². The number of benzene rings is 2. The summed E-state index contributed by atoms with van der Waals surface area (Å²) in [6, 6.07) is 12.5. The first-order valence-electron chi connectivity index (χ1n) is 8.00. The van der Waals surface area contributed by atoms with Crippen molar-refractivity contribution in [1.29, 1.82) is 0 Å². The zero-order valence-electron chi connectivity index (χ0n) is 14.3. The Morgan fingerprint density at radius 3 is 2.60 bits per heavy atom. The molecule has 0 aliphatic carbocycles. The molecule has 0 saturated carbocycles. The molecule has 0 spiro atoms. The Labute approximate surface area is 146 Å². The zero-order chi connectivity index (χ0) is 18.2. The predicted octanol–water partition coefficient (Wildman–Crippen LogP) is 1.42. The Hall–Kier alpha value is -2.64. The third-order valence-electron chi connectivity index (χ3n) is 3.72. The second kappa shape index (κ2) is 9.00. The Morgan fingerprint density at radius 1 is 1.24 bits per heavy atom. The Kier molecular flexibility index (Phi) is 6.73. The number of hydrogen-bond acceptors (Lipinski definition) is 5. The number of ether oxygens (including phenoxy) is 2. The summed E-state index contributed by atoms with van der Waals surface area (Å²) in [6.07, 6.45) is -0.723. The summed E-state index contributed by atoms with van der Waals surface area (Å²) in [5.74, 6) is 0.974. The fourth-order valence-corrected chi connectivity index (χ4v) is 2.35. The molecular weight excluding hydrogens is 324 g/mol. The molecule has 0 heterocycles. The SMILES string of the molecule is COc1ccc(C[NH2+]C[C@H](O)COc2ccc(C)cc2[N+](=O)[O-])cc1. The first-order chi connectivity index (χ1) is 12.0. The molecule has 0 aliphatic rings. The predicted molar refractivity (Wildman–Crippen MR) is 92.8 cm³/mol. The van der Waals surface area contributed by atoms with Crippen LogP contribution in [0.25, 0.3) is 0 Å². The van der Waals surface area contributed by atoms with Crippen molar-refractivity contribution in [1.82, 2.24) is 0 Å². The quantitative estimate of drug-likeness (QED) is 0.528. The fourth-order valence-electron chi connectivity index (χ4n) is 2.35. The van der Waals surface area contributed by atoms with Gasteiger partial charge in [0.1, 0.15) is 31.5 Å². The van der Waals surface area contributed by atoms with Crippen LogP contribution in [0.2, 0.25) is 0 Å². The molecule has 25 heavy (non-hydrogen) atoms. The van der Waals surface area contributed by atoms with Gasteiger partial charge in [0.15, 0.2) is 5.75 Å². The van der Waals surface area contributed by atoms with E-state index in [4.69, 9.17) is 9.47 Å². The van der Waals surface area contributed by atoms with E-state index in [2.05, 4.69) is 0 Å². The van der Waals surface area contributed by atoms with Crippen molar-refractivity contribution in [3.8, 4) is 11.5 Å². The number of aliphatic hydroxyl groups is 1. The van der Waals surface area contributed by atoms with Crippen LogP contribution in [0.15, 0.2) is 42.5 Å². The van der Waals surface area contributed by atoms with Crippen LogP contribution in [0.5, 0.6) is 11.5 Å². The summed E-state index contributed by atoms with van der Waals surface area (Å²) in [5.41, 5.74) is 1.81. The van der Waals surface area contributed by atoms with Gasteiger partial charge in [-0.25, -0.2) is 0 Å². The Balaban J connectivity index is 1.79. The van der Waals surface area contributed by atoms with Crippen molar-refractivity contribution in [2.24, 2.45) is 0 Å². The maximum atomic E-state index is 11.0. The van der Waals surface area contributed by atoms with Crippen molar-refractivity contribution < 1.29 is 24.8 Å². The summed E-state index contributed by atoms with van der Waals surface area (Å²) in [4.78, 5) is 10.6. The third kappa shape index (κ3) is 5.74. The van der Waals surface area contributed by atoms with E-state index < -0.39 is 11.0 Å². The van der Waals surface area contributed by atoms with Gasteiger partial charge in [-0.15, -0.1) is 0 Å². The molecule has 0 saturated heterocycles. The van der Waals surface area contributed by atoms with Crippen LogP contribution < -0.4 is 14.8 Å². The highest BCUT2D eigenvalue weighted by molar-refractivity contribution is 5.48. The van der Waals surface area contributed by atoms with Gasteiger partial charge < -0.3 is 19.9 Å². The molecule has 3 N–H and O–H groups in total. The van der Waals surface area contributed by atoms with E-state index in [1.165, 1.54) is 6.07 Å². The molecule has 0 aliphatic heterocycles. The van der Waals surface area contributed by atoms with Crippen molar-refractivity contribution in [2.75, 3.05) is 20.3 Å². The number of nitrogens with zero attached hydrogens (tertiary/aromatic N) is 1. The highest BCUT2D eigenvalue weighted by Gasteiger charge is 2.17. The average Bonchev–Trinajstić information content (AvgIpc) is 2.61. The van der Waals surface area contributed by atoms with Crippen LogP contribution in [-0.2, 0) is 6.54 Å². The van der Waals surface area contributed by atoms with Gasteiger partial charge in [-0.05, 0) is 42.8 Å². The van der Waals surface area contributed by atoms with Gasteiger partial charge in [0.2, 0.25) is 0 Å². The van der Waals surface area contributed by atoms with Crippen molar-refractivity contribution in [2.45, 2.75) is 19.6 Å². The van der Waals surface area contributed by atoms with Crippen LogP contribution in [-0.4, -0.2) is 36.4 Å². The Morgan fingerprint density at radius 2 is 1.96 bits per heavy atom. The molecule has 2 aromatic carbocycles. The molecule has 0 bridgehead atoms. The Bertz CT molecular complexity index is 703. The van der Waals surface area contributed by atoms with Crippen LogP contribution >= 0.6 is 0 Å². The maximum Gasteiger partial charge on any atom is 0.311 e. The van der Waals surface area contributed by atoms with Gasteiger partial charge >= 0.3 is 5.69 Å². The fraction of sp³-hybridized carbons (Fsp3) is 0.333. The molecule has 2 rings (SSSR count). The van der Waals surface area contributed by atoms with E-state index in [0.29, 0.717) is 13.1 Å². The molecule has 0 radical (unpaired) electrons. The van der Waals surface area contributed by atoms with Crippen molar-refractivity contribution in [3.63, 3.8) is 0 Å². The standard InChI is InChI=1S/C18H22N2O5/c1-13-3-8-18(17(9-13)20(22)23)25-12-15(21)11-19-10-14-4-6-16(24-2)7-5-14/h3-9,15,19,21H,10-12H2,1-2H3/p+1/t15-/m0/s1. The molecular formula is C18H23N2O5+. The molecule has 0 fully saturated rings. The monoisotopic (exact) mass is 347 g/mol. The van der Waals surface area contributed by atoms with E-state index in [9.17, 15) is 15.2 Å². The number of nitro benzene ring substituents is 1. The smallest absolute Gasteiger partial charge is 0.311 e. The van der Waals surface area contributed by atoms with Crippen molar-refractivity contribution in [3.05, 3.63) is 63.7 Å². The van der Waals surface area contributed by atoms with E-state index in [0.717, 1.165) is 16.9 Å². The number of nitro groups is 1. The number of methoxy groups -OCH3 is 1. The third-order valence-corrected chi connectivity index (χ3v) is 3.72. The summed E-state index contributed by atoms with van der Waals surface area (Å²) in [7, 11) is 1.62. The summed E-state index contributed by atoms with van der Waals surface area (Å²) in [5, 5.41) is 23.0. The van der Waals surface area contributed by atoms with Gasteiger partial charge in [-0.1, -0.05) is 6.07 Å². The number of hydrogen-bond donors (Lipinski definition) is 2. The lowest BCUT2D eigenvalue weighted by molar-refractivity contribution is -0.676.